The molecule has 0 aliphatic carbocycles. The zero-order chi connectivity index (χ0) is 27.4. The summed E-state index contributed by atoms with van der Waals surface area (Å²) in [5.41, 5.74) is 10.8. The molecule has 198 valence electrons. The molecule has 11 heteroatoms. The number of likely N-dealkylation sites (tertiary alicyclic amines) is 1. The van der Waals surface area contributed by atoms with Crippen molar-refractivity contribution in [2.45, 2.75) is 38.8 Å². The fourth-order valence-corrected chi connectivity index (χ4v) is 5.04. The number of aliphatic carboxylic acids is 1. The Morgan fingerprint density at radius 1 is 1.10 bits per heavy atom. The molecule has 11 nitrogen and oxygen atoms in total. The predicted octanol–water partition coefficient (Wildman–Crippen LogP) is 3.55. The van der Waals surface area contributed by atoms with Crippen molar-refractivity contribution in [3.63, 3.8) is 0 Å². The molecule has 1 atom stereocenters. The predicted molar refractivity (Wildman–Crippen MR) is 144 cm³/mol. The van der Waals surface area contributed by atoms with Crippen LogP contribution in [0.5, 0.6) is 0 Å². The number of carboxylic acid groups (broad SMARTS) is 1. The summed E-state index contributed by atoms with van der Waals surface area (Å²) in [6, 6.07) is 17.2. The second-order valence-electron chi connectivity index (χ2n) is 9.62. The summed E-state index contributed by atoms with van der Waals surface area (Å²) in [6.45, 7) is 4.05. The smallest absolute Gasteiger partial charge is 0.306 e. The largest absolute Gasteiger partial charge is 0.481 e. The summed E-state index contributed by atoms with van der Waals surface area (Å²) in [7, 11) is 0. The van der Waals surface area contributed by atoms with E-state index in [0.717, 1.165) is 36.5 Å². The fraction of sp³-hybridized carbons (Fsp3) is 0.321. The van der Waals surface area contributed by atoms with Crippen LogP contribution < -0.4 is 5.73 Å². The molecule has 1 fully saturated rings. The van der Waals surface area contributed by atoms with Gasteiger partial charge in [0.2, 0.25) is 5.95 Å². The molecule has 0 spiro atoms. The quantitative estimate of drug-likeness (QED) is 0.349. The Bertz CT molecular complexity index is 1520. The number of hydrogen-bond acceptors (Lipinski definition) is 9. The highest BCUT2D eigenvalue weighted by atomic mass is 16.4. The highest BCUT2D eigenvalue weighted by Crippen LogP contribution is 2.29. The van der Waals surface area contributed by atoms with Crippen molar-refractivity contribution in [1.82, 2.24) is 34.8 Å². The number of carbonyl (C=O) groups is 1. The van der Waals surface area contributed by atoms with E-state index in [1.54, 1.807) is 35.1 Å². The van der Waals surface area contributed by atoms with E-state index >= 15 is 0 Å². The molecule has 1 aliphatic heterocycles. The molecule has 1 aromatic carbocycles. The molecular weight excluding hydrogens is 494 g/mol. The molecular formula is C28H29N9O2. The van der Waals surface area contributed by atoms with Gasteiger partial charge in [-0.15, -0.1) is 5.10 Å². The van der Waals surface area contributed by atoms with Crippen molar-refractivity contribution >= 4 is 11.9 Å². The summed E-state index contributed by atoms with van der Waals surface area (Å²) in [4.78, 5) is 27.2. The molecule has 4 aromatic rings. The number of carboxylic acids is 1. The average molecular weight is 524 g/mol. The number of nitriles is 1. The minimum absolute atomic E-state index is 0.103. The number of anilines is 1. The number of aromatic nitrogens is 6. The maximum Gasteiger partial charge on any atom is 0.306 e. The lowest BCUT2D eigenvalue weighted by Gasteiger charge is -2.36. The van der Waals surface area contributed by atoms with E-state index in [0.29, 0.717) is 42.0 Å². The van der Waals surface area contributed by atoms with Crippen LogP contribution in [-0.4, -0.2) is 59.0 Å². The first-order valence-electron chi connectivity index (χ1n) is 12.9. The summed E-state index contributed by atoms with van der Waals surface area (Å²) in [5.74, 6) is -0.862. The van der Waals surface area contributed by atoms with Gasteiger partial charge in [-0.05, 0) is 62.7 Å². The zero-order valence-corrected chi connectivity index (χ0v) is 21.6. The maximum absolute atomic E-state index is 11.3. The Kier molecular flexibility index (Phi) is 7.56. The van der Waals surface area contributed by atoms with Crippen molar-refractivity contribution in [1.29, 1.82) is 5.26 Å². The Balaban J connectivity index is 1.32. The van der Waals surface area contributed by atoms with Gasteiger partial charge in [0.1, 0.15) is 5.69 Å². The van der Waals surface area contributed by atoms with Crippen molar-refractivity contribution in [3.05, 3.63) is 71.7 Å². The van der Waals surface area contributed by atoms with Crippen molar-refractivity contribution in [2.75, 3.05) is 18.8 Å². The molecule has 3 aromatic heterocycles. The van der Waals surface area contributed by atoms with E-state index in [9.17, 15) is 15.2 Å². The summed E-state index contributed by atoms with van der Waals surface area (Å²) >= 11 is 0. The first kappa shape index (κ1) is 25.9. The van der Waals surface area contributed by atoms with Crippen LogP contribution in [0.25, 0.3) is 22.6 Å². The van der Waals surface area contributed by atoms with Crippen LogP contribution in [0.4, 0.5) is 5.95 Å². The van der Waals surface area contributed by atoms with E-state index < -0.39 is 5.97 Å². The van der Waals surface area contributed by atoms with E-state index in [1.165, 1.54) is 0 Å². The molecule has 0 radical (unpaired) electrons. The van der Waals surface area contributed by atoms with E-state index in [4.69, 9.17) is 10.7 Å². The van der Waals surface area contributed by atoms with Gasteiger partial charge in [-0.25, -0.2) is 14.6 Å². The third-order valence-corrected chi connectivity index (χ3v) is 7.03. The third-order valence-electron chi connectivity index (χ3n) is 7.03. The van der Waals surface area contributed by atoms with Gasteiger partial charge < -0.3 is 10.8 Å². The lowest BCUT2D eigenvalue weighted by molar-refractivity contribution is -0.143. The summed E-state index contributed by atoms with van der Waals surface area (Å²) in [6.07, 6.45) is 3.99. The van der Waals surface area contributed by atoms with Crippen LogP contribution in [0.1, 0.15) is 49.2 Å². The van der Waals surface area contributed by atoms with Crippen molar-refractivity contribution in [3.8, 4) is 28.7 Å². The Morgan fingerprint density at radius 3 is 2.62 bits per heavy atom. The van der Waals surface area contributed by atoms with Gasteiger partial charge >= 0.3 is 5.97 Å². The lowest BCUT2D eigenvalue weighted by atomic mass is 9.94. The number of nitrogens with zero attached hydrogens (tertiary/aromatic N) is 8. The van der Waals surface area contributed by atoms with Crippen LogP contribution in [-0.2, 0) is 11.3 Å². The Morgan fingerprint density at radius 2 is 1.87 bits per heavy atom. The molecule has 39 heavy (non-hydrogen) atoms. The van der Waals surface area contributed by atoms with Crippen molar-refractivity contribution < 1.29 is 9.90 Å². The van der Waals surface area contributed by atoms with Crippen LogP contribution in [0.3, 0.4) is 0 Å². The van der Waals surface area contributed by atoms with Gasteiger partial charge in [-0.2, -0.15) is 5.26 Å². The van der Waals surface area contributed by atoms with Crippen LogP contribution in [0.2, 0.25) is 0 Å². The summed E-state index contributed by atoms with van der Waals surface area (Å²) in [5, 5.41) is 27.1. The Hall–Kier alpha value is -4.69. The molecule has 0 amide bonds. The van der Waals surface area contributed by atoms with Gasteiger partial charge in [0.25, 0.3) is 0 Å². The average Bonchev–Trinajstić information content (AvgIpc) is 3.42. The first-order chi connectivity index (χ1) is 18.9. The minimum Gasteiger partial charge on any atom is -0.481 e. The maximum atomic E-state index is 11.3. The summed E-state index contributed by atoms with van der Waals surface area (Å²) < 4.78 is 1.70. The SMILES string of the molecule is CCC(c1cccc(Cn2cc(-c3cc(-c4cccc(C#N)c4)nc(N)n3)nn2)n1)N1CCC(C(=O)O)CC1. The number of benzene rings is 1. The van der Waals surface area contributed by atoms with E-state index in [1.807, 2.05) is 24.3 Å². The van der Waals surface area contributed by atoms with Gasteiger partial charge in [0.05, 0.1) is 59.1 Å². The van der Waals surface area contributed by atoms with Crippen molar-refractivity contribution in [2.24, 2.45) is 5.92 Å². The molecule has 4 heterocycles. The third kappa shape index (κ3) is 5.91. The molecule has 1 unspecified atom stereocenters. The van der Waals surface area contributed by atoms with Gasteiger partial charge in [-0.3, -0.25) is 14.7 Å². The van der Waals surface area contributed by atoms with Gasteiger partial charge in [0, 0.05) is 5.56 Å². The fourth-order valence-electron chi connectivity index (χ4n) is 5.04. The zero-order valence-electron chi connectivity index (χ0n) is 21.6. The Labute approximate surface area is 226 Å². The molecule has 5 rings (SSSR count). The number of hydrogen-bond donors (Lipinski definition) is 2. The highest BCUT2D eigenvalue weighted by molar-refractivity contribution is 5.70. The van der Waals surface area contributed by atoms with E-state index in [-0.39, 0.29) is 17.9 Å². The van der Waals surface area contributed by atoms with Crippen LogP contribution >= 0.6 is 0 Å². The van der Waals surface area contributed by atoms with Gasteiger partial charge in [-0.1, -0.05) is 30.3 Å². The normalized spacial score (nSPS) is 15.1. The van der Waals surface area contributed by atoms with Gasteiger partial charge in [0.15, 0.2) is 0 Å². The first-order valence-corrected chi connectivity index (χ1v) is 12.9. The number of nitrogen functional groups attached to an aromatic ring is 1. The minimum atomic E-state index is -0.705. The number of rotatable bonds is 8. The molecule has 1 aliphatic rings. The number of piperidine rings is 1. The molecule has 3 N–H and O–H groups in total. The molecule has 1 saturated heterocycles. The standard InChI is InChI=1S/C28H29N9O2/c1-2-26(36-11-9-19(10-12-36)27(38)39)22-8-4-7-21(31-22)16-37-17-25(34-35-37)24-14-23(32-28(30)33-24)20-6-3-5-18(13-20)15-29/h3-8,13-14,17,19,26H,2,9-12,16H2,1H3,(H,38,39)(H2,30,32,33). The number of pyridine rings is 1. The molecule has 0 bridgehead atoms. The van der Waals surface area contributed by atoms with E-state index in [2.05, 4.69) is 38.2 Å². The monoisotopic (exact) mass is 523 g/mol. The molecule has 0 saturated carbocycles. The highest BCUT2D eigenvalue weighted by Gasteiger charge is 2.29. The lowest BCUT2D eigenvalue weighted by Crippen LogP contribution is -2.39. The van der Waals surface area contributed by atoms with Crippen LogP contribution in [0.15, 0.2) is 54.7 Å². The topological polar surface area (TPSA) is 160 Å². The number of nitrogens with two attached hydrogens (primary N) is 1. The second kappa shape index (κ2) is 11.4. The van der Waals surface area contributed by atoms with Crippen LogP contribution in [0, 0.1) is 17.2 Å². The second-order valence-corrected chi connectivity index (χ2v) is 9.62.